The summed E-state index contributed by atoms with van der Waals surface area (Å²) in [6.45, 7) is 1.81. The van der Waals surface area contributed by atoms with Gasteiger partial charge in [-0.1, -0.05) is 0 Å². The molecule has 0 unspecified atom stereocenters. The molecule has 0 aromatic carbocycles. The predicted molar refractivity (Wildman–Crippen MR) is 86.2 cm³/mol. The lowest BCUT2D eigenvalue weighted by molar-refractivity contribution is -0.0626. The molecule has 2 aromatic rings. The Bertz CT molecular complexity index is 759. The molecule has 8 nitrogen and oxygen atoms in total. The van der Waals surface area contributed by atoms with Gasteiger partial charge in [-0.2, -0.15) is 5.26 Å². The maximum absolute atomic E-state index is 12.2. The molecule has 0 spiro atoms. The van der Waals surface area contributed by atoms with E-state index >= 15 is 0 Å². The van der Waals surface area contributed by atoms with Crippen LogP contribution in [0.5, 0.6) is 0 Å². The summed E-state index contributed by atoms with van der Waals surface area (Å²) in [4.78, 5) is 21.4. The van der Waals surface area contributed by atoms with E-state index in [-0.39, 0.29) is 18.1 Å². The molecule has 0 radical (unpaired) electrons. The number of carbonyl (C=O) groups is 1. The molecule has 24 heavy (non-hydrogen) atoms. The first-order valence-electron chi connectivity index (χ1n) is 7.75. The number of morpholine rings is 1. The van der Waals surface area contributed by atoms with Crippen molar-refractivity contribution in [1.82, 2.24) is 24.8 Å². The number of aromatic nitrogens is 3. The average Bonchev–Trinajstić information content (AvgIpc) is 3.21. The number of likely N-dealkylation sites (N-methyl/N-ethyl adjacent to an activating group) is 1. The molecule has 3 rings (SSSR count). The number of aromatic amines is 1. The molecule has 0 saturated carbocycles. The van der Waals surface area contributed by atoms with Crippen LogP contribution in [0.3, 0.4) is 0 Å². The van der Waals surface area contributed by atoms with Crippen molar-refractivity contribution in [2.45, 2.75) is 12.1 Å². The van der Waals surface area contributed by atoms with Crippen molar-refractivity contribution in [3.8, 4) is 6.07 Å². The molecule has 3 heterocycles. The van der Waals surface area contributed by atoms with Crippen molar-refractivity contribution in [2.75, 3.05) is 26.7 Å². The fraction of sp³-hybridized carbons (Fsp3) is 0.438. The molecule has 1 fully saturated rings. The van der Waals surface area contributed by atoms with Crippen LogP contribution >= 0.6 is 0 Å². The molecule has 0 aliphatic carbocycles. The van der Waals surface area contributed by atoms with E-state index in [9.17, 15) is 4.79 Å². The van der Waals surface area contributed by atoms with Gasteiger partial charge in [0.15, 0.2) is 0 Å². The van der Waals surface area contributed by atoms with Crippen molar-refractivity contribution < 1.29 is 9.53 Å². The third-order valence-corrected chi connectivity index (χ3v) is 4.27. The highest BCUT2D eigenvalue weighted by Gasteiger charge is 2.33. The van der Waals surface area contributed by atoms with Gasteiger partial charge >= 0.3 is 0 Å². The number of nitriles is 1. The molecule has 2 atom stereocenters. The quantitative estimate of drug-likeness (QED) is 0.847. The Morgan fingerprint density at radius 2 is 2.38 bits per heavy atom. The van der Waals surface area contributed by atoms with Crippen LogP contribution < -0.4 is 5.32 Å². The number of amides is 1. The number of H-pyrrole nitrogens is 1. The number of hydrogen-bond donors (Lipinski definition) is 2. The highest BCUT2D eigenvalue weighted by Crippen LogP contribution is 2.27. The molecule has 1 amide bonds. The summed E-state index contributed by atoms with van der Waals surface area (Å²) in [6.07, 6.45) is 3.42. The van der Waals surface area contributed by atoms with Gasteiger partial charge in [-0.15, -0.1) is 0 Å². The molecule has 2 aromatic heterocycles. The van der Waals surface area contributed by atoms with Crippen molar-refractivity contribution in [1.29, 1.82) is 5.26 Å². The van der Waals surface area contributed by atoms with Gasteiger partial charge in [0.2, 0.25) is 0 Å². The van der Waals surface area contributed by atoms with Crippen molar-refractivity contribution in [3.05, 3.63) is 41.7 Å². The first-order valence-corrected chi connectivity index (χ1v) is 7.75. The molecule has 1 saturated heterocycles. The van der Waals surface area contributed by atoms with Gasteiger partial charge in [0, 0.05) is 26.3 Å². The third kappa shape index (κ3) is 3.18. The van der Waals surface area contributed by atoms with Crippen LogP contribution in [-0.2, 0) is 11.8 Å². The van der Waals surface area contributed by atoms with Crippen LogP contribution in [-0.4, -0.2) is 58.2 Å². The summed E-state index contributed by atoms with van der Waals surface area (Å²) in [7, 11) is 3.99. The topological polar surface area (TPSA) is 99.0 Å². The minimum absolute atomic E-state index is 0.0184. The lowest BCUT2D eigenvalue weighted by atomic mass is 10.0. The Morgan fingerprint density at radius 1 is 1.54 bits per heavy atom. The van der Waals surface area contributed by atoms with Gasteiger partial charge in [0.25, 0.3) is 5.91 Å². The largest absolute Gasteiger partial charge is 0.373 e. The molecular formula is C16H20N6O2. The van der Waals surface area contributed by atoms with Crippen LogP contribution in [0.4, 0.5) is 0 Å². The van der Waals surface area contributed by atoms with Crippen LogP contribution in [0, 0.1) is 11.3 Å². The minimum Gasteiger partial charge on any atom is -0.373 e. The number of ether oxygens (including phenoxy) is 1. The van der Waals surface area contributed by atoms with Gasteiger partial charge in [-0.3, -0.25) is 9.69 Å². The van der Waals surface area contributed by atoms with E-state index in [1.54, 1.807) is 18.5 Å². The van der Waals surface area contributed by atoms with E-state index < -0.39 is 0 Å². The zero-order valence-corrected chi connectivity index (χ0v) is 13.7. The SMILES string of the molecule is CN1CCO[C@@H](CNC(=O)c2ccc(C#N)[nH]2)[C@@H]1c1cncn1C. The molecule has 8 heteroatoms. The lowest BCUT2D eigenvalue weighted by Gasteiger charge is -2.39. The minimum atomic E-state index is -0.253. The molecule has 1 aliphatic rings. The third-order valence-electron chi connectivity index (χ3n) is 4.27. The van der Waals surface area contributed by atoms with E-state index in [2.05, 4.69) is 20.2 Å². The van der Waals surface area contributed by atoms with Crippen molar-refractivity contribution >= 4 is 5.91 Å². The fourth-order valence-electron chi connectivity index (χ4n) is 2.98. The molecule has 1 aliphatic heterocycles. The van der Waals surface area contributed by atoms with E-state index in [1.807, 2.05) is 30.9 Å². The number of nitrogens with one attached hydrogen (secondary N) is 2. The van der Waals surface area contributed by atoms with Crippen LogP contribution in [0.2, 0.25) is 0 Å². The molecule has 0 bridgehead atoms. The zero-order valence-electron chi connectivity index (χ0n) is 13.7. The Balaban J connectivity index is 1.69. The predicted octanol–water partition coefficient (Wildman–Crippen LogP) is 0.422. The van der Waals surface area contributed by atoms with Gasteiger partial charge in [-0.25, -0.2) is 4.98 Å². The molecular weight excluding hydrogens is 308 g/mol. The molecule has 126 valence electrons. The van der Waals surface area contributed by atoms with E-state index in [0.29, 0.717) is 24.5 Å². The first-order chi connectivity index (χ1) is 11.6. The number of aryl methyl sites for hydroxylation is 1. The summed E-state index contributed by atoms with van der Waals surface area (Å²) in [5.74, 6) is -0.253. The Labute approximate surface area is 140 Å². The normalized spacial score (nSPS) is 21.4. The van der Waals surface area contributed by atoms with Crippen molar-refractivity contribution in [3.63, 3.8) is 0 Å². The number of imidazole rings is 1. The summed E-state index contributed by atoms with van der Waals surface area (Å²) in [5.41, 5.74) is 1.78. The first kappa shape index (κ1) is 16.2. The average molecular weight is 328 g/mol. The maximum atomic E-state index is 12.2. The lowest BCUT2D eigenvalue weighted by Crippen LogP contribution is -2.48. The Morgan fingerprint density at radius 3 is 3.04 bits per heavy atom. The highest BCUT2D eigenvalue weighted by molar-refractivity contribution is 5.92. The number of nitrogens with zero attached hydrogens (tertiary/aromatic N) is 4. The standard InChI is InChI=1S/C16H20N6O2/c1-21-5-6-24-14(15(21)13-8-18-10-22(13)2)9-19-16(23)12-4-3-11(7-17)20-12/h3-4,8,10,14-15,20H,5-6,9H2,1-2H3,(H,19,23)/t14-,15-/m0/s1. The summed E-state index contributed by atoms with van der Waals surface area (Å²) < 4.78 is 7.86. The molecule has 2 N–H and O–H groups in total. The Kier molecular flexibility index (Phi) is 4.64. The fourth-order valence-corrected chi connectivity index (χ4v) is 2.98. The second-order valence-corrected chi connectivity index (χ2v) is 5.87. The van der Waals surface area contributed by atoms with Gasteiger partial charge in [-0.05, 0) is 19.2 Å². The van der Waals surface area contributed by atoms with Gasteiger partial charge in [0.05, 0.1) is 30.8 Å². The number of rotatable bonds is 4. The number of hydrogen-bond acceptors (Lipinski definition) is 5. The summed E-state index contributed by atoms with van der Waals surface area (Å²) in [6, 6.07) is 5.17. The maximum Gasteiger partial charge on any atom is 0.267 e. The second-order valence-electron chi connectivity index (χ2n) is 5.87. The monoisotopic (exact) mass is 328 g/mol. The highest BCUT2D eigenvalue weighted by atomic mass is 16.5. The second kappa shape index (κ2) is 6.86. The summed E-state index contributed by atoms with van der Waals surface area (Å²) in [5, 5.41) is 11.7. The van der Waals surface area contributed by atoms with Crippen LogP contribution in [0.15, 0.2) is 24.7 Å². The van der Waals surface area contributed by atoms with E-state index in [4.69, 9.17) is 10.00 Å². The van der Waals surface area contributed by atoms with E-state index in [1.165, 1.54) is 0 Å². The summed E-state index contributed by atoms with van der Waals surface area (Å²) >= 11 is 0. The van der Waals surface area contributed by atoms with Gasteiger partial charge in [0.1, 0.15) is 17.5 Å². The Hall–Kier alpha value is -2.63. The van der Waals surface area contributed by atoms with E-state index in [0.717, 1.165) is 12.2 Å². The number of carbonyl (C=O) groups excluding carboxylic acids is 1. The van der Waals surface area contributed by atoms with Gasteiger partial charge < -0.3 is 19.6 Å². The van der Waals surface area contributed by atoms with Crippen LogP contribution in [0.1, 0.15) is 27.9 Å². The van der Waals surface area contributed by atoms with Crippen LogP contribution in [0.25, 0.3) is 0 Å². The zero-order chi connectivity index (χ0) is 17.1. The van der Waals surface area contributed by atoms with Crippen molar-refractivity contribution in [2.24, 2.45) is 7.05 Å². The smallest absolute Gasteiger partial charge is 0.267 e.